The molecule has 0 radical (unpaired) electrons. The van der Waals surface area contributed by atoms with Gasteiger partial charge in [0.1, 0.15) is 11.5 Å². The minimum Gasteiger partial charge on any atom is -0.497 e. The Labute approximate surface area is 175 Å². The topological polar surface area (TPSA) is 77.7 Å². The molecule has 0 bridgehead atoms. The van der Waals surface area contributed by atoms with E-state index in [9.17, 15) is 4.79 Å². The predicted molar refractivity (Wildman–Crippen MR) is 111 cm³/mol. The van der Waals surface area contributed by atoms with E-state index < -0.39 is 0 Å². The van der Waals surface area contributed by atoms with E-state index in [0.29, 0.717) is 37.8 Å². The molecule has 1 atom stereocenters. The van der Waals surface area contributed by atoms with Gasteiger partial charge in [-0.2, -0.15) is 4.98 Å². The standard InChI is InChI=1S/C23H25N3O4/c1-3-12-29-20-8-4-16(5-9-20)14-26-15-18(13-21(26)27)22-24-23(30-25-22)17-6-10-19(28-2)11-7-17/h4-11,18H,3,12-15H2,1-2H3. The van der Waals surface area contributed by atoms with E-state index in [0.717, 1.165) is 29.0 Å². The fourth-order valence-corrected chi connectivity index (χ4v) is 3.48. The van der Waals surface area contributed by atoms with Gasteiger partial charge in [-0.1, -0.05) is 24.2 Å². The Morgan fingerprint density at radius 2 is 1.83 bits per heavy atom. The molecule has 3 aromatic rings. The number of hydrogen-bond donors (Lipinski definition) is 0. The molecule has 7 heteroatoms. The van der Waals surface area contributed by atoms with Gasteiger partial charge in [0.15, 0.2) is 5.82 Å². The van der Waals surface area contributed by atoms with Crippen molar-refractivity contribution in [2.24, 2.45) is 0 Å². The van der Waals surface area contributed by atoms with Crippen LogP contribution < -0.4 is 9.47 Å². The highest BCUT2D eigenvalue weighted by atomic mass is 16.5. The third kappa shape index (κ3) is 4.45. The van der Waals surface area contributed by atoms with Gasteiger partial charge in [0.05, 0.1) is 13.7 Å². The van der Waals surface area contributed by atoms with E-state index in [1.165, 1.54) is 0 Å². The van der Waals surface area contributed by atoms with Crippen molar-refractivity contribution >= 4 is 5.91 Å². The summed E-state index contributed by atoms with van der Waals surface area (Å²) in [5, 5.41) is 4.12. The van der Waals surface area contributed by atoms with Crippen molar-refractivity contribution in [3.05, 3.63) is 59.9 Å². The van der Waals surface area contributed by atoms with E-state index in [4.69, 9.17) is 14.0 Å². The molecule has 1 aliphatic rings. The number of carbonyl (C=O) groups excluding carboxylic acids is 1. The molecule has 0 aliphatic carbocycles. The molecule has 0 saturated carbocycles. The maximum atomic E-state index is 12.5. The van der Waals surface area contributed by atoms with Crippen LogP contribution in [0.5, 0.6) is 11.5 Å². The summed E-state index contributed by atoms with van der Waals surface area (Å²) in [6, 6.07) is 15.3. The number of likely N-dealkylation sites (tertiary alicyclic amines) is 1. The molecular weight excluding hydrogens is 382 g/mol. The third-order valence-corrected chi connectivity index (χ3v) is 5.13. The van der Waals surface area contributed by atoms with Crippen LogP contribution in [-0.4, -0.2) is 41.2 Å². The molecule has 0 spiro atoms. The smallest absolute Gasteiger partial charge is 0.257 e. The van der Waals surface area contributed by atoms with Gasteiger partial charge in [0.2, 0.25) is 5.91 Å². The van der Waals surface area contributed by atoms with Crippen LogP contribution in [0.25, 0.3) is 11.5 Å². The van der Waals surface area contributed by atoms with Gasteiger partial charge in [0, 0.05) is 31.0 Å². The average molecular weight is 407 g/mol. The molecule has 2 aromatic carbocycles. The monoisotopic (exact) mass is 407 g/mol. The zero-order valence-corrected chi connectivity index (χ0v) is 17.2. The number of methoxy groups -OCH3 is 1. The van der Waals surface area contributed by atoms with Crippen molar-refractivity contribution in [1.82, 2.24) is 15.0 Å². The summed E-state index contributed by atoms with van der Waals surface area (Å²) in [6.07, 6.45) is 1.36. The van der Waals surface area contributed by atoms with Crippen LogP contribution in [0, 0.1) is 0 Å². The first-order valence-electron chi connectivity index (χ1n) is 10.1. The number of nitrogens with zero attached hydrogens (tertiary/aromatic N) is 3. The lowest BCUT2D eigenvalue weighted by Crippen LogP contribution is -2.24. The molecule has 7 nitrogen and oxygen atoms in total. The predicted octanol–water partition coefficient (Wildman–Crippen LogP) is 4.05. The summed E-state index contributed by atoms with van der Waals surface area (Å²) >= 11 is 0. The van der Waals surface area contributed by atoms with Gasteiger partial charge in [-0.05, 0) is 48.4 Å². The molecule has 1 fully saturated rings. The molecule has 1 unspecified atom stereocenters. The zero-order chi connectivity index (χ0) is 20.9. The maximum absolute atomic E-state index is 12.5. The van der Waals surface area contributed by atoms with Gasteiger partial charge < -0.3 is 18.9 Å². The Kier molecular flexibility index (Phi) is 5.97. The van der Waals surface area contributed by atoms with E-state index in [2.05, 4.69) is 17.1 Å². The second-order valence-corrected chi connectivity index (χ2v) is 7.35. The van der Waals surface area contributed by atoms with Crippen molar-refractivity contribution in [3.8, 4) is 23.0 Å². The van der Waals surface area contributed by atoms with E-state index in [-0.39, 0.29) is 11.8 Å². The maximum Gasteiger partial charge on any atom is 0.257 e. The van der Waals surface area contributed by atoms with Crippen LogP contribution in [0.1, 0.15) is 37.1 Å². The first kappa shape index (κ1) is 19.9. The molecule has 4 rings (SSSR count). The van der Waals surface area contributed by atoms with Gasteiger partial charge in [0.25, 0.3) is 5.89 Å². The van der Waals surface area contributed by atoms with Gasteiger partial charge >= 0.3 is 0 Å². The summed E-state index contributed by atoms with van der Waals surface area (Å²) in [5.74, 6) is 2.66. The van der Waals surface area contributed by atoms with Gasteiger partial charge in [-0.3, -0.25) is 4.79 Å². The number of hydrogen-bond acceptors (Lipinski definition) is 6. The number of rotatable bonds is 8. The first-order valence-corrected chi connectivity index (χ1v) is 10.1. The second-order valence-electron chi connectivity index (χ2n) is 7.35. The van der Waals surface area contributed by atoms with Crippen molar-refractivity contribution in [2.45, 2.75) is 32.2 Å². The Morgan fingerprint density at radius 1 is 1.10 bits per heavy atom. The van der Waals surface area contributed by atoms with E-state index in [1.54, 1.807) is 7.11 Å². The lowest BCUT2D eigenvalue weighted by atomic mass is 10.1. The summed E-state index contributed by atoms with van der Waals surface area (Å²) in [5.41, 5.74) is 1.89. The number of ether oxygens (including phenoxy) is 2. The SMILES string of the molecule is CCCOc1ccc(CN2CC(c3noc(-c4ccc(OC)cc4)n3)CC2=O)cc1. The molecule has 30 heavy (non-hydrogen) atoms. The Bertz CT molecular complexity index is 982. The van der Waals surface area contributed by atoms with Gasteiger partial charge in [-0.15, -0.1) is 0 Å². The largest absolute Gasteiger partial charge is 0.497 e. The fourth-order valence-electron chi connectivity index (χ4n) is 3.48. The minimum absolute atomic E-state index is 0.0691. The minimum atomic E-state index is -0.0691. The second kappa shape index (κ2) is 8.98. The van der Waals surface area contributed by atoms with E-state index >= 15 is 0 Å². The number of amides is 1. The molecule has 1 saturated heterocycles. The molecule has 2 heterocycles. The Balaban J connectivity index is 1.39. The Hall–Kier alpha value is -3.35. The normalized spacial score (nSPS) is 16.1. The van der Waals surface area contributed by atoms with Crippen LogP contribution in [-0.2, 0) is 11.3 Å². The van der Waals surface area contributed by atoms with Crippen LogP contribution in [0.3, 0.4) is 0 Å². The van der Waals surface area contributed by atoms with Crippen molar-refractivity contribution < 1.29 is 18.8 Å². The van der Waals surface area contributed by atoms with E-state index in [1.807, 2.05) is 53.4 Å². The number of carbonyl (C=O) groups is 1. The first-order chi connectivity index (χ1) is 14.7. The number of aromatic nitrogens is 2. The highest BCUT2D eigenvalue weighted by molar-refractivity contribution is 5.79. The van der Waals surface area contributed by atoms with Crippen molar-refractivity contribution in [3.63, 3.8) is 0 Å². The molecular formula is C23H25N3O4. The molecule has 1 amide bonds. The van der Waals surface area contributed by atoms with Gasteiger partial charge in [-0.25, -0.2) is 0 Å². The average Bonchev–Trinajstić information content (AvgIpc) is 3.41. The summed E-state index contributed by atoms with van der Waals surface area (Å²) in [7, 11) is 1.62. The summed E-state index contributed by atoms with van der Waals surface area (Å²) in [6.45, 7) is 3.92. The summed E-state index contributed by atoms with van der Waals surface area (Å²) < 4.78 is 16.2. The van der Waals surface area contributed by atoms with Crippen molar-refractivity contribution in [1.29, 1.82) is 0 Å². The van der Waals surface area contributed by atoms with Crippen LogP contribution >= 0.6 is 0 Å². The summed E-state index contributed by atoms with van der Waals surface area (Å²) in [4.78, 5) is 18.9. The molecule has 0 N–H and O–H groups in total. The quantitative estimate of drug-likeness (QED) is 0.561. The van der Waals surface area contributed by atoms with Crippen LogP contribution in [0.15, 0.2) is 53.1 Å². The molecule has 1 aromatic heterocycles. The lowest BCUT2D eigenvalue weighted by Gasteiger charge is -2.16. The fraction of sp³-hybridized carbons (Fsp3) is 0.348. The van der Waals surface area contributed by atoms with Crippen LogP contribution in [0.4, 0.5) is 0 Å². The third-order valence-electron chi connectivity index (χ3n) is 5.13. The zero-order valence-electron chi connectivity index (χ0n) is 17.2. The highest BCUT2D eigenvalue weighted by Gasteiger charge is 2.33. The molecule has 156 valence electrons. The van der Waals surface area contributed by atoms with Crippen molar-refractivity contribution in [2.75, 3.05) is 20.3 Å². The highest BCUT2D eigenvalue weighted by Crippen LogP contribution is 2.30. The molecule has 1 aliphatic heterocycles. The lowest BCUT2D eigenvalue weighted by molar-refractivity contribution is -0.128. The Morgan fingerprint density at radius 3 is 2.53 bits per heavy atom. The number of benzene rings is 2. The van der Waals surface area contributed by atoms with Crippen LogP contribution in [0.2, 0.25) is 0 Å².